The molecule has 2 saturated heterocycles. The van der Waals surface area contributed by atoms with Crippen molar-refractivity contribution in [2.75, 3.05) is 26.2 Å². The predicted molar refractivity (Wildman–Crippen MR) is 93.9 cm³/mol. The average molecular weight is 344 g/mol. The molecule has 6 heteroatoms. The molecule has 3 fully saturated rings. The number of piperidine rings is 1. The number of imidazole rings is 1. The molecule has 1 saturated carbocycles. The van der Waals surface area contributed by atoms with Crippen molar-refractivity contribution in [1.82, 2.24) is 19.4 Å². The van der Waals surface area contributed by atoms with Gasteiger partial charge in [-0.25, -0.2) is 4.98 Å². The molecule has 1 aromatic rings. The molecule has 2 amide bonds. The highest BCUT2D eigenvalue weighted by Crippen LogP contribution is 2.31. The number of likely N-dealkylation sites (tertiary alicyclic amines) is 2. The number of amides is 2. The molecule has 25 heavy (non-hydrogen) atoms. The molecule has 1 aliphatic carbocycles. The average Bonchev–Trinajstić information content (AvgIpc) is 3.20. The monoisotopic (exact) mass is 344 g/mol. The van der Waals surface area contributed by atoms with Crippen molar-refractivity contribution in [3.63, 3.8) is 0 Å². The molecule has 0 unspecified atom stereocenters. The Labute approximate surface area is 149 Å². The minimum atomic E-state index is 0.0945. The van der Waals surface area contributed by atoms with Crippen LogP contribution in [-0.4, -0.2) is 57.3 Å². The number of nitrogens with zero attached hydrogens (tertiary/aromatic N) is 4. The van der Waals surface area contributed by atoms with Gasteiger partial charge in [0.1, 0.15) is 5.82 Å². The van der Waals surface area contributed by atoms with Gasteiger partial charge in [0.15, 0.2) is 0 Å². The molecule has 1 aromatic heterocycles. The minimum Gasteiger partial charge on any atom is -0.340 e. The first-order valence-corrected chi connectivity index (χ1v) is 9.77. The summed E-state index contributed by atoms with van der Waals surface area (Å²) in [5, 5.41) is 0. The highest BCUT2D eigenvalue weighted by Gasteiger charge is 2.30. The summed E-state index contributed by atoms with van der Waals surface area (Å²) in [4.78, 5) is 32.7. The molecule has 1 atom stereocenters. The lowest BCUT2D eigenvalue weighted by atomic mass is 9.85. The van der Waals surface area contributed by atoms with Crippen molar-refractivity contribution in [2.24, 2.45) is 5.92 Å². The van der Waals surface area contributed by atoms with Crippen LogP contribution in [0.5, 0.6) is 0 Å². The molecule has 0 radical (unpaired) electrons. The third kappa shape index (κ3) is 3.58. The van der Waals surface area contributed by atoms with E-state index in [0.29, 0.717) is 12.3 Å². The van der Waals surface area contributed by atoms with E-state index in [2.05, 4.69) is 15.7 Å². The molecule has 4 rings (SSSR count). The van der Waals surface area contributed by atoms with Crippen LogP contribution in [0.2, 0.25) is 0 Å². The first-order valence-electron chi connectivity index (χ1n) is 9.77. The number of hydrogen-bond acceptors (Lipinski definition) is 3. The largest absolute Gasteiger partial charge is 0.340 e. The van der Waals surface area contributed by atoms with Gasteiger partial charge < -0.3 is 14.4 Å². The normalized spacial score (nSPS) is 24.6. The summed E-state index contributed by atoms with van der Waals surface area (Å²) < 4.78 is 2.31. The van der Waals surface area contributed by atoms with Crippen LogP contribution in [0.3, 0.4) is 0 Å². The molecule has 2 aliphatic heterocycles. The molecule has 0 aromatic carbocycles. The first kappa shape index (κ1) is 16.6. The third-order valence-electron chi connectivity index (χ3n) is 6.06. The van der Waals surface area contributed by atoms with Crippen LogP contribution in [0, 0.1) is 5.92 Å². The van der Waals surface area contributed by atoms with E-state index in [-0.39, 0.29) is 18.4 Å². The number of carbonyl (C=O) groups is 2. The fraction of sp³-hybridized carbons (Fsp3) is 0.737. The Bertz CT molecular complexity index is 637. The van der Waals surface area contributed by atoms with Gasteiger partial charge in [0, 0.05) is 50.9 Å². The van der Waals surface area contributed by atoms with Gasteiger partial charge in [0.05, 0.1) is 6.54 Å². The molecule has 0 spiro atoms. The SMILES string of the molecule is O=C1CCCN1CC(=O)N1CCC[C@@H](c2nccn2CC2CCC2)C1. The van der Waals surface area contributed by atoms with E-state index < -0.39 is 0 Å². The zero-order valence-electron chi connectivity index (χ0n) is 14.9. The standard InChI is InChI=1S/C19H28N4O2/c24-17-7-3-10-22(17)14-18(25)21-9-2-6-16(13-21)19-20-8-11-23(19)12-15-4-1-5-15/h8,11,15-16H,1-7,9-10,12-14H2/t16-/m1/s1. The second-order valence-corrected chi connectivity index (χ2v) is 7.83. The van der Waals surface area contributed by atoms with E-state index in [4.69, 9.17) is 0 Å². The summed E-state index contributed by atoms with van der Waals surface area (Å²) in [5.41, 5.74) is 0. The topological polar surface area (TPSA) is 58.4 Å². The van der Waals surface area contributed by atoms with Crippen LogP contribution >= 0.6 is 0 Å². The minimum absolute atomic E-state index is 0.0945. The van der Waals surface area contributed by atoms with Gasteiger partial charge in [0.25, 0.3) is 0 Å². The summed E-state index contributed by atoms with van der Waals surface area (Å²) >= 11 is 0. The Kier molecular flexibility index (Phi) is 4.77. The molecular weight excluding hydrogens is 316 g/mol. The quantitative estimate of drug-likeness (QED) is 0.821. The van der Waals surface area contributed by atoms with E-state index in [1.54, 1.807) is 4.90 Å². The Hall–Kier alpha value is -1.85. The highest BCUT2D eigenvalue weighted by atomic mass is 16.2. The zero-order chi connectivity index (χ0) is 17.2. The molecule has 3 aliphatic rings. The summed E-state index contributed by atoms with van der Waals surface area (Å²) in [6.45, 7) is 3.60. The lowest BCUT2D eigenvalue weighted by molar-refractivity contribution is -0.139. The van der Waals surface area contributed by atoms with Crippen molar-refractivity contribution < 1.29 is 9.59 Å². The lowest BCUT2D eigenvalue weighted by Gasteiger charge is -2.34. The van der Waals surface area contributed by atoms with Crippen molar-refractivity contribution >= 4 is 11.8 Å². The third-order valence-corrected chi connectivity index (χ3v) is 6.06. The van der Waals surface area contributed by atoms with Crippen LogP contribution < -0.4 is 0 Å². The second-order valence-electron chi connectivity index (χ2n) is 7.83. The van der Waals surface area contributed by atoms with E-state index in [9.17, 15) is 9.59 Å². The van der Waals surface area contributed by atoms with E-state index in [1.807, 2.05) is 11.1 Å². The Balaban J connectivity index is 1.38. The van der Waals surface area contributed by atoms with Crippen molar-refractivity contribution in [1.29, 1.82) is 0 Å². The Morgan fingerprint density at radius 2 is 2.04 bits per heavy atom. The smallest absolute Gasteiger partial charge is 0.242 e. The summed E-state index contributed by atoms with van der Waals surface area (Å²) in [6, 6.07) is 0. The van der Waals surface area contributed by atoms with Gasteiger partial charge in [-0.2, -0.15) is 0 Å². The second kappa shape index (κ2) is 7.18. The van der Waals surface area contributed by atoms with Crippen molar-refractivity contribution in [2.45, 2.75) is 57.4 Å². The summed E-state index contributed by atoms with van der Waals surface area (Å²) in [7, 11) is 0. The molecule has 136 valence electrons. The van der Waals surface area contributed by atoms with Gasteiger partial charge in [-0.3, -0.25) is 9.59 Å². The van der Waals surface area contributed by atoms with Gasteiger partial charge in [-0.15, -0.1) is 0 Å². The molecule has 3 heterocycles. The van der Waals surface area contributed by atoms with E-state index in [0.717, 1.165) is 57.2 Å². The zero-order valence-corrected chi connectivity index (χ0v) is 14.9. The van der Waals surface area contributed by atoms with E-state index in [1.165, 1.54) is 19.3 Å². The highest BCUT2D eigenvalue weighted by molar-refractivity contribution is 5.86. The van der Waals surface area contributed by atoms with Crippen molar-refractivity contribution in [3.8, 4) is 0 Å². The van der Waals surface area contributed by atoms with Gasteiger partial charge in [-0.05, 0) is 38.0 Å². The fourth-order valence-electron chi connectivity index (χ4n) is 4.34. The molecular formula is C19H28N4O2. The number of rotatable bonds is 5. The molecule has 6 nitrogen and oxygen atoms in total. The number of carbonyl (C=O) groups excluding carboxylic acids is 2. The van der Waals surface area contributed by atoms with E-state index >= 15 is 0 Å². The lowest BCUT2D eigenvalue weighted by Crippen LogP contribution is -2.45. The summed E-state index contributed by atoms with van der Waals surface area (Å²) in [6.07, 6.45) is 11.6. The van der Waals surface area contributed by atoms with Crippen LogP contribution in [0.4, 0.5) is 0 Å². The predicted octanol–water partition coefficient (Wildman–Crippen LogP) is 2.01. The van der Waals surface area contributed by atoms with Gasteiger partial charge >= 0.3 is 0 Å². The maximum Gasteiger partial charge on any atom is 0.242 e. The summed E-state index contributed by atoms with van der Waals surface area (Å²) in [5.74, 6) is 2.48. The maximum atomic E-state index is 12.6. The fourth-order valence-corrected chi connectivity index (χ4v) is 4.34. The Morgan fingerprint density at radius 3 is 2.76 bits per heavy atom. The molecule has 0 bridgehead atoms. The van der Waals surface area contributed by atoms with Crippen LogP contribution in [0.1, 0.15) is 56.7 Å². The number of hydrogen-bond donors (Lipinski definition) is 0. The number of aromatic nitrogens is 2. The van der Waals surface area contributed by atoms with Crippen LogP contribution in [0.15, 0.2) is 12.4 Å². The van der Waals surface area contributed by atoms with Crippen LogP contribution in [-0.2, 0) is 16.1 Å². The van der Waals surface area contributed by atoms with Crippen LogP contribution in [0.25, 0.3) is 0 Å². The Morgan fingerprint density at radius 1 is 1.16 bits per heavy atom. The molecule has 0 N–H and O–H groups in total. The maximum absolute atomic E-state index is 12.6. The van der Waals surface area contributed by atoms with Gasteiger partial charge in [0.2, 0.25) is 11.8 Å². The van der Waals surface area contributed by atoms with Crippen molar-refractivity contribution in [3.05, 3.63) is 18.2 Å². The van der Waals surface area contributed by atoms with Gasteiger partial charge in [-0.1, -0.05) is 6.42 Å². The first-order chi connectivity index (χ1) is 12.2.